The molecule has 1 heterocycles. The van der Waals surface area contributed by atoms with Gasteiger partial charge in [0.05, 0.1) is 11.4 Å². The van der Waals surface area contributed by atoms with E-state index in [0.717, 1.165) is 0 Å². The van der Waals surface area contributed by atoms with Crippen molar-refractivity contribution in [2.45, 2.75) is 6.18 Å². The van der Waals surface area contributed by atoms with Gasteiger partial charge in [-0.25, -0.2) is 4.98 Å². The van der Waals surface area contributed by atoms with Crippen LogP contribution in [0.3, 0.4) is 0 Å². The van der Waals surface area contributed by atoms with Gasteiger partial charge in [0.2, 0.25) is 0 Å². The molecule has 0 aliphatic carbocycles. The number of alkyl halides is 4. The zero-order valence-corrected chi connectivity index (χ0v) is 8.15. The molecule has 80 valence electrons. The SMILES string of the molecule is Nc1ccc(C#CCCl)c(C(F)(F)F)n1. The van der Waals surface area contributed by atoms with Gasteiger partial charge in [-0.1, -0.05) is 11.8 Å². The van der Waals surface area contributed by atoms with Gasteiger partial charge in [0.15, 0.2) is 5.69 Å². The average Bonchev–Trinajstić information content (AvgIpc) is 2.14. The zero-order chi connectivity index (χ0) is 11.5. The lowest BCUT2D eigenvalue weighted by atomic mass is 10.2. The van der Waals surface area contributed by atoms with Crippen molar-refractivity contribution in [3.8, 4) is 11.8 Å². The summed E-state index contributed by atoms with van der Waals surface area (Å²) in [5.41, 5.74) is 3.86. The van der Waals surface area contributed by atoms with Crippen LogP contribution in [0.5, 0.6) is 0 Å². The molecule has 0 saturated carbocycles. The number of nitrogen functional groups attached to an aromatic ring is 1. The first-order valence-electron chi connectivity index (χ1n) is 3.83. The maximum absolute atomic E-state index is 12.4. The van der Waals surface area contributed by atoms with Gasteiger partial charge in [0.25, 0.3) is 0 Å². The number of nitrogens with zero attached hydrogens (tertiary/aromatic N) is 1. The van der Waals surface area contributed by atoms with Crippen molar-refractivity contribution < 1.29 is 13.2 Å². The van der Waals surface area contributed by atoms with Crippen LogP contribution in [0.2, 0.25) is 0 Å². The quantitative estimate of drug-likeness (QED) is 0.553. The van der Waals surface area contributed by atoms with Crippen molar-refractivity contribution in [1.82, 2.24) is 4.98 Å². The van der Waals surface area contributed by atoms with Gasteiger partial charge in [0.1, 0.15) is 5.82 Å². The van der Waals surface area contributed by atoms with E-state index in [-0.39, 0.29) is 17.3 Å². The summed E-state index contributed by atoms with van der Waals surface area (Å²) in [6.07, 6.45) is -4.56. The molecule has 0 amide bonds. The third-order valence-electron chi connectivity index (χ3n) is 1.48. The van der Waals surface area contributed by atoms with E-state index in [1.54, 1.807) is 0 Å². The summed E-state index contributed by atoms with van der Waals surface area (Å²) in [6.45, 7) is 0. The molecule has 6 heteroatoms. The van der Waals surface area contributed by atoms with Crippen LogP contribution in [0.25, 0.3) is 0 Å². The predicted molar refractivity (Wildman–Crippen MR) is 51.2 cm³/mol. The van der Waals surface area contributed by atoms with E-state index in [9.17, 15) is 13.2 Å². The average molecular weight is 235 g/mol. The monoisotopic (exact) mass is 234 g/mol. The molecule has 0 radical (unpaired) electrons. The van der Waals surface area contributed by atoms with Crippen LogP contribution in [0.1, 0.15) is 11.3 Å². The van der Waals surface area contributed by atoms with Gasteiger partial charge in [-0.3, -0.25) is 0 Å². The lowest BCUT2D eigenvalue weighted by molar-refractivity contribution is -0.141. The number of hydrogen-bond acceptors (Lipinski definition) is 2. The minimum Gasteiger partial charge on any atom is -0.384 e. The molecule has 0 unspecified atom stereocenters. The van der Waals surface area contributed by atoms with Gasteiger partial charge in [-0.15, -0.1) is 11.6 Å². The molecule has 0 aliphatic rings. The van der Waals surface area contributed by atoms with Crippen LogP contribution in [-0.2, 0) is 6.18 Å². The number of aromatic nitrogens is 1. The molecule has 0 saturated heterocycles. The van der Waals surface area contributed by atoms with Gasteiger partial charge in [-0.2, -0.15) is 13.2 Å². The Balaban J connectivity index is 3.27. The van der Waals surface area contributed by atoms with Crippen molar-refractivity contribution in [3.05, 3.63) is 23.4 Å². The summed E-state index contributed by atoms with van der Waals surface area (Å²) >= 11 is 5.25. The largest absolute Gasteiger partial charge is 0.434 e. The fourth-order valence-electron chi connectivity index (χ4n) is 0.920. The van der Waals surface area contributed by atoms with Gasteiger partial charge < -0.3 is 5.73 Å². The molecule has 15 heavy (non-hydrogen) atoms. The molecule has 0 fully saturated rings. The Hall–Kier alpha value is -1.41. The summed E-state index contributed by atoms with van der Waals surface area (Å²) in [6, 6.07) is 2.43. The Morgan fingerprint density at radius 2 is 2.07 bits per heavy atom. The first kappa shape index (κ1) is 11.7. The fourth-order valence-corrected chi connectivity index (χ4v) is 0.987. The van der Waals surface area contributed by atoms with E-state index in [0.29, 0.717) is 0 Å². The van der Waals surface area contributed by atoms with Crippen molar-refractivity contribution in [2.75, 3.05) is 11.6 Å². The Bertz CT molecular complexity index is 418. The lowest BCUT2D eigenvalue weighted by Gasteiger charge is -2.08. The number of nitrogens with two attached hydrogens (primary N) is 1. The molecular formula is C9H6ClF3N2. The molecule has 1 aromatic heterocycles. The second-order valence-electron chi connectivity index (χ2n) is 2.57. The molecule has 0 atom stereocenters. The van der Waals surface area contributed by atoms with Crippen molar-refractivity contribution >= 4 is 17.4 Å². The highest BCUT2D eigenvalue weighted by Crippen LogP contribution is 2.30. The highest BCUT2D eigenvalue weighted by molar-refractivity contribution is 6.19. The first-order valence-corrected chi connectivity index (χ1v) is 4.37. The molecular weight excluding hydrogens is 229 g/mol. The molecule has 2 nitrogen and oxygen atoms in total. The van der Waals surface area contributed by atoms with Crippen LogP contribution in [0.4, 0.5) is 19.0 Å². The minimum atomic E-state index is -4.56. The number of anilines is 1. The van der Waals surface area contributed by atoms with Gasteiger partial charge in [-0.05, 0) is 12.1 Å². The second kappa shape index (κ2) is 4.41. The smallest absolute Gasteiger partial charge is 0.384 e. The molecule has 0 bridgehead atoms. The maximum atomic E-state index is 12.4. The Morgan fingerprint density at radius 1 is 1.40 bits per heavy atom. The van der Waals surface area contributed by atoms with E-state index < -0.39 is 11.9 Å². The maximum Gasteiger partial charge on any atom is 0.434 e. The Morgan fingerprint density at radius 3 is 2.60 bits per heavy atom. The Labute approximate surface area is 89.2 Å². The van der Waals surface area contributed by atoms with Crippen molar-refractivity contribution in [2.24, 2.45) is 0 Å². The summed E-state index contributed by atoms with van der Waals surface area (Å²) in [4.78, 5) is 3.20. The number of rotatable bonds is 0. The molecule has 1 rings (SSSR count). The highest BCUT2D eigenvalue weighted by Gasteiger charge is 2.35. The standard InChI is InChI=1S/C9H6ClF3N2/c10-5-1-2-6-3-4-7(14)15-8(6)9(11,12)13/h3-4H,5H2,(H2,14,15). The highest BCUT2D eigenvalue weighted by atomic mass is 35.5. The van der Waals surface area contributed by atoms with E-state index >= 15 is 0 Å². The van der Waals surface area contributed by atoms with Crippen LogP contribution < -0.4 is 5.73 Å². The Kier molecular flexibility index (Phi) is 3.43. The number of halogens is 4. The molecule has 2 N–H and O–H groups in total. The van der Waals surface area contributed by atoms with Crippen LogP contribution in [0.15, 0.2) is 12.1 Å². The number of hydrogen-bond donors (Lipinski definition) is 1. The third kappa shape index (κ3) is 3.03. The van der Waals surface area contributed by atoms with Crippen LogP contribution >= 0.6 is 11.6 Å². The van der Waals surface area contributed by atoms with E-state index in [1.807, 2.05) is 0 Å². The van der Waals surface area contributed by atoms with Crippen molar-refractivity contribution in [3.63, 3.8) is 0 Å². The molecule has 0 aliphatic heterocycles. The van der Waals surface area contributed by atoms with E-state index in [4.69, 9.17) is 17.3 Å². The molecule has 0 spiro atoms. The van der Waals surface area contributed by atoms with Crippen molar-refractivity contribution in [1.29, 1.82) is 0 Å². The summed E-state index contributed by atoms with van der Waals surface area (Å²) in [5.74, 6) is 4.37. The third-order valence-corrected chi connectivity index (χ3v) is 1.61. The first-order chi connectivity index (χ1) is 6.95. The topological polar surface area (TPSA) is 38.9 Å². The zero-order valence-electron chi connectivity index (χ0n) is 7.40. The summed E-state index contributed by atoms with van der Waals surface area (Å²) in [5, 5.41) is 0. The predicted octanol–water partition coefficient (Wildman–Crippen LogP) is 2.27. The van der Waals surface area contributed by atoms with Gasteiger partial charge >= 0.3 is 6.18 Å². The van der Waals surface area contributed by atoms with E-state index in [1.165, 1.54) is 12.1 Å². The summed E-state index contributed by atoms with van der Waals surface area (Å²) < 4.78 is 37.3. The normalized spacial score (nSPS) is 10.7. The van der Waals surface area contributed by atoms with Gasteiger partial charge in [0, 0.05) is 0 Å². The van der Waals surface area contributed by atoms with Crippen LogP contribution in [0, 0.1) is 11.8 Å². The molecule has 1 aromatic rings. The summed E-state index contributed by atoms with van der Waals surface area (Å²) in [7, 11) is 0. The minimum absolute atomic E-state index is 0.0400. The van der Waals surface area contributed by atoms with Crippen LogP contribution in [-0.4, -0.2) is 10.9 Å². The molecule has 0 aromatic carbocycles. The van der Waals surface area contributed by atoms with E-state index in [2.05, 4.69) is 16.8 Å². The lowest BCUT2D eigenvalue weighted by Crippen LogP contribution is -2.12. The second-order valence-corrected chi connectivity index (χ2v) is 2.83. The number of pyridine rings is 1. The fraction of sp³-hybridized carbons (Fsp3) is 0.222.